The van der Waals surface area contributed by atoms with Gasteiger partial charge in [0.1, 0.15) is 6.04 Å². The molecule has 4 rings (SSSR count). The van der Waals surface area contributed by atoms with Gasteiger partial charge in [-0.25, -0.2) is 8.42 Å². The highest BCUT2D eigenvalue weighted by Gasteiger charge is 2.27. The lowest BCUT2D eigenvalue weighted by atomic mass is 10.1. The van der Waals surface area contributed by atoms with Crippen LogP contribution in [0.1, 0.15) is 34.7 Å². The quantitative estimate of drug-likeness (QED) is 0.306. The predicted octanol–water partition coefficient (Wildman–Crippen LogP) is 3.83. The topological polar surface area (TPSA) is 81.7 Å². The number of hydrogen-bond acceptors (Lipinski definition) is 5. The molecule has 202 valence electrons. The van der Waals surface area contributed by atoms with Crippen molar-refractivity contribution in [2.75, 3.05) is 44.2 Å². The van der Waals surface area contributed by atoms with Crippen LogP contribution < -0.4 is 14.9 Å². The van der Waals surface area contributed by atoms with Crippen LogP contribution in [-0.4, -0.2) is 58.5 Å². The molecule has 0 spiro atoms. The van der Waals surface area contributed by atoms with Crippen molar-refractivity contribution in [3.05, 3.63) is 102 Å². The van der Waals surface area contributed by atoms with Crippen LogP contribution in [-0.2, 0) is 14.8 Å². The van der Waals surface area contributed by atoms with Crippen molar-refractivity contribution >= 4 is 21.6 Å². The van der Waals surface area contributed by atoms with Gasteiger partial charge in [0.15, 0.2) is 0 Å². The molecular weight excluding hydrogens is 496 g/mol. The number of benzene rings is 3. The smallest absolute Gasteiger partial charge is 0.242 e. The number of carbonyl (C=O) groups is 1. The highest BCUT2D eigenvalue weighted by Crippen LogP contribution is 2.23. The summed E-state index contributed by atoms with van der Waals surface area (Å²) in [6.07, 6.45) is 0.786. The molecule has 1 saturated heterocycles. The molecule has 1 atom stereocenters. The van der Waals surface area contributed by atoms with Crippen molar-refractivity contribution in [2.45, 2.75) is 31.2 Å². The van der Waals surface area contributed by atoms with Crippen LogP contribution in [0.4, 0.5) is 5.69 Å². The second kappa shape index (κ2) is 12.5. The predicted molar refractivity (Wildman–Crippen MR) is 153 cm³/mol. The number of carbonyl (C=O) groups excluding carboxylic acids is 1. The second-order valence-electron chi connectivity index (χ2n) is 9.87. The van der Waals surface area contributed by atoms with Gasteiger partial charge in [-0.3, -0.25) is 9.69 Å². The summed E-state index contributed by atoms with van der Waals surface area (Å²) in [7, 11) is -3.90. The van der Waals surface area contributed by atoms with Crippen molar-refractivity contribution in [1.82, 2.24) is 14.9 Å². The summed E-state index contributed by atoms with van der Waals surface area (Å²) >= 11 is 0. The first kappa shape index (κ1) is 27.7. The Bertz CT molecular complexity index is 1320. The van der Waals surface area contributed by atoms with E-state index in [1.165, 1.54) is 28.9 Å². The van der Waals surface area contributed by atoms with Crippen LogP contribution in [0.15, 0.2) is 77.7 Å². The SMILES string of the molecule is [CH2-]c1ccc(S(=O)(=O)NC(C(=O)NCCCN2CCN(c3cc(C)ccc3C)CC2)c2ccccc2)cc1. The van der Waals surface area contributed by atoms with Gasteiger partial charge in [0.2, 0.25) is 15.9 Å². The van der Waals surface area contributed by atoms with Crippen molar-refractivity contribution in [2.24, 2.45) is 0 Å². The zero-order valence-corrected chi connectivity index (χ0v) is 23.0. The lowest BCUT2D eigenvalue weighted by Crippen LogP contribution is -2.47. The van der Waals surface area contributed by atoms with Gasteiger partial charge >= 0.3 is 0 Å². The van der Waals surface area contributed by atoms with Gasteiger partial charge in [-0.1, -0.05) is 54.6 Å². The highest BCUT2D eigenvalue weighted by atomic mass is 32.2. The van der Waals surface area contributed by atoms with Gasteiger partial charge in [-0.15, -0.1) is 0 Å². The number of rotatable bonds is 10. The van der Waals surface area contributed by atoms with Crippen LogP contribution in [0, 0.1) is 20.8 Å². The average Bonchev–Trinajstić information content (AvgIpc) is 2.92. The van der Waals surface area contributed by atoms with Crippen LogP contribution in [0.25, 0.3) is 0 Å². The lowest BCUT2D eigenvalue weighted by molar-refractivity contribution is -0.122. The summed E-state index contributed by atoms with van der Waals surface area (Å²) in [5.41, 5.74) is 5.19. The molecule has 1 amide bonds. The number of amides is 1. The van der Waals surface area contributed by atoms with E-state index >= 15 is 0 Å². The fourth-order valence-corrected chi connectivity index (χ4v) is 5.88. The normalized spacial score (nSPS) is 15.3. The Labute approximate surface area is 226 Å². The summed E-state index contributed by atoms with van der Waals surface area (Å²) < 4.78 is 28.6. The molecule has 0 bridgehead atoms. The monoisotopic (exact) mass is 533 g/mol. The third kappa shape index (κ3) is 7.16. The van der Waals surface area contributed by atoms with E-state index in [1.54, 1.807) is 36.4 Å². The Morgan fingerprint density at radius 2 is 1.63 bits per heavy atom. The van der Waals surface area contributed by atoms with Crippen LogP contribution in [0.3, 0.4) is 0 Å². The number of piperazine rings is 1. The number of nitrogens with zero attached hydrogens (tertiary/aromatic N) is 2. The fraction of sp³-hybridized carbons (Fsp3) is 0.333. The fourth-order valence-electron chi connectivity index (χ4n) is 4.70. The zero-order valence-electron chi connectivity index (χ0n) is 22.2. The molecule has 1 unspecified atom stereocenters. The molecule has 1 heterocycles. The first-order valence-electron chi connectivity index (χ1n) is 13.0. The van der Waals surface area contributed by atoms with Crippen LogP contribution in [0.5, 0.6) is 0 Å². The number of anilines is 1. The zero-order chi connectivity index (χ0) is 27.1. The average molecular weight is 534 g/mol. The molecule has 0 aliphatic carbocycles. The Hall–Kier alpha value is -3.33. The lowest BCUT2D eigenvalue weighted by Gasteiger charge is -2.37. The van der Waals surface area contributed by atoms with E-state index in [-0.39, 0.29) is 10.8 Å². The largest absolute Gasteiger partial charge is 0.369 e. The molecule has 7 nitrogen and oxygen atoms in total. The Balaban J connectivity index is 1.30. The molecular formula is C30H37N4O3S-. The second-order valence-corrected chi connectivity index (χ2v) is 11.6. The molecule has 0 radical (unpaired) electrons. The number of sulfonamides is 1. The van der Waals surface area contributed by atoms with E-state index in [2.05, 4.69) is 58.8 Å². The van der Waals surface area contributed by atoms with Gasteiger partial charge in [-0.2, -0.15) is 29.3 Å². The molecule has 3 aromatic carbocycles. The van der Waals surface area contributed by atoms with Crippen LogP contribution in [0.2, 0.25) is 0 Å². The Morgan fingerprint density at radius 3 is 2.32 bits per heavy atom. The molecule has 1 aliphatic rings. The van der Waals surface area contributed by atoms with Crippen LogP contribution >= 0.6 is 0 Å². The number of aryl methyl sites for hydroxylation is 2. The molecule has 1 fully saturated rings. The van der Waals surface area contributed by atoms with Gasteiger partial charge in [0.05, 0.1) is 4.90 Å². The maximum absolute atomic E-state index is 13.1. The van der Waals surface area contributed by atoms with E-state index in [0.29, 0.717) is 17.7 Å². The number of hydrogen-bond donors (Lipinski definition) is 2. The van der Waals surface area contributed by atoms with Crippen molar-refractivity contribution < 1.29 is 13.2 Å². The minimum absolute atomic E-state index is 0.0960. The van der Waals surface area contributed by atoms with E-state index in [4.69, 9.17) is 0 Å². The van der Waals surface area contributed by atoms with Gasteiger partial charge in [0.25, 0.3) is 0 Å². The van der Waals surface area contributed by atoms with E-state index < -0.39 is 16.1 Å². The van der Waals surface area contributed by atoms with Crippen molar-refractivity contribution in [3.63, 3.8) is 0 Å². The molecule has 0 aromatic heterocycles. The van der Waals surface area contributed by atoms with Gasteiger partial charge in [0, 0.05) is 38.4 Å². The first-order chi connectivity index (χ1) is 18.2. The minimum atomic E-state index is -3.90. The van der Waals surface area contributed by atoms with E-state index in [9.17, 15) is 13.2 Å². The summed E-state index contributed by atoms with van der Waals surface area (Å²) in [6.45, 7) is 13.3. The maximum atomic E-state index is 13.1. The summed E-state index contributed by atoms with van der Waals surface area (Å²) in [5.74, 6) is -0.367. The molecule has 8 heteroatoms. The minimum Gasteiger partial charge on any atom is -0.369 e. The Morgan fingerprint density at radius 1 is 0.947 bits per heavy atom. The molecule has 3 aromatic rings. The molecule has 1 aliphatic heterocycles. The van der Waals surface area contributed by atoms with E-state index in [0.717, 1.165) is 39.1 Å². The maximum Gasteiger partial charge on any atom is 0.242 e. The Kier molecular flexibility index (Phi) is 9.09. The van der Waals surface area contributed by atoms with Gasteiger partial charge in [-0.05, 0) is 49.6 Å². The molecule has 38 heavy (non-hydrogen) atoms. The highest BCUT2D eigenvalue weighted by molar-refractivity contribution is 7.89. The summed E-state index contributed by atoms with van der Waals surface area (Å²) in [5, 5.41) is 2.94. The standard InChI is InChI=1S/C30H37N4O3S/c1-23-11-14-27(15-12-23)38(36,37)32-29(26-8-5-4-6-9-26)30(35)31-16-7-17-33-18-20-34(21-19-33)28-22-24(2)10-13-25(28)3/h4-6,8-15,22,29,32H,1,7,16-21H2,2-3H3,(H,31,35)/q-1. The van der Waals surface area contributed by atoms with E-state index in [1.807, 2.05) is 6.07 Å². The summed E-state index contributed by atoms with van der Waals surface area (Å²) in [4.78, 5) is 18.1. The van der Waals surface area contributed by atoms with Crippen molar-refractivity contribution in [1.29, 1.82) is 0 Å². The summed E-state index contributed by atoms with van der Waals surface area (Å²) in [6, 6.07) is 20.7. The third-order valence-corrected chi connectivity index (χ3v) is 8.37. The van der Waals surface area contributed by atoms with Crippen molar-refractivity contribution in [3.8, 4) is 0 Å². The third-order valence-electron chi connectivity index (χ3n) is 6.93. The molecule has 2 N–H and O–H groups in total. The number of nitrogens with one attached hydrogen (secondary N) is 2. The first-order valence-corrected chi connectivity index (χ1v) is 14.5. The molecule has 0 saturated carbocycles. The van der Waals surface area contributed by atoms with Gasteiger partial charge < -0.3 is 10.2 Å².